The number of aromatic nitrogens is 4. The second kappa shape index (κ2) is 6.88. The summed E-state index contributed by atoms with van der Waals surface area (Å²) in [6.45, 7) is 2.58. The van der Waals surface area contributed by atoms with Crippen molar-refractivity contribution in [2.24, 2.45) is 0 Å². The van der Waals surface area contributed by atoms with Crippen LogP contribution in [-0.2, 0) is 6.54 Å². The Morgan fingerprint density at radius 2 is 2.00 bits per heavy atom. The minimum Gasteiger partial charge on any atom is -0.366 e. The highest BCUT2D eigenvalue weighted by atomic mass is 19.1. The topological polar surface area (TPSA) is 58.9 Å². The van der Waals surface area contributed by atoms with Crippen LogP contribution < -0.4 is 10.2 Å². The minimum absolute atomic E-state index is 0.280. The van der Waals surface area contributed by atoms with E-state index < -0.39 is 0 Å². The molecule has 1 N–H and O–H groups in total. The van der Waals surface area contributed by atoms with Gasteiger partial charge in [0.15, 0.2) is 0 Å². The molecule has 1 aromatic carbocycles. The fourth-order valence-corrected chi connectivity index (χ4v) is 3.03. The van der Waals surface area contributed by atoms with Gasteiger partial charge in [-0.05, 0) is 30.5 Å². The number of benzene rings is 1. The van der Waals surface area contributed by atoms with E-state index in [0.717, 1.165) is 30.3 Å². The number of nitrogens with one attached hydrogen (secondary N) is 1. The molecule has 2 aromatic heterocycles. The van der Waals surface area contributed by atoms with E-state index in [2.05, 4.69) is 25.2 Å². The highest BCUT2D eigenvalue weighted by Crippen LogP contribution is 2.20. The maximum absolute atomic E-state index is 14.3. The highest BCUT2D eigenvalue weighted by molar-refractivity contribution is 5.49. The molecule has 0 bridgehead atoms. The van der Waals surface area contributed by atoms with Crippen molar-refractivity contribution in [2.45, 2.75) is 19.4 Å². The van der Waals surface area contributed by atoms with Gasteiger partial charge in [0.1, 0.15) is 23.8 Å². The molecule has 1 aliphatic rings. The summed E-state index contributed by atoms with van der Waals surface area (Å²) < 4.78 is 16.0. The van der Waals surface area contributed by atoms with E-state index in [0.29, 0.717) is 12.2 Å². The van der Waals surface area contributed by atoms with Gasteiger partial charge in [-0.1, -0.05) is 6.07 Å². The normalized spacial score (nSPS) is 14.0. The lowest BCUT2D eigenvalue weighted by atomic mass is 10.2. The SMILES string of the molecule is Fc1cc(CNc2cc(N3CCCC3)ncn2)ccc1-n1ccnc1. The molecule has 0 radical (unpaired) electrons. The second-order valence-electron chi connectivity index (χ2n) is 6.06. The highest BCUT2D eigenvalue weighted by Gasteiger charge is 2.14. The molecule has 3 aromatic rings. The van der Waals surface area contributed by atoms with Gasteiger partial charge in [0.25, 0.3) is 0 Å². The predicted molar refractivity (Wildman–Crippen MR) is 94.3 cm³/mol. The molecule has 1 saturated heterocycles. The van der Waals surface area contributed by atoms with Crippen LogP contribution in [0.1, 0.15) is 18.4 Å². The predicted octanol–water partition coefficient (Wildman–Crippen LogP) is 3.01. The van der Waals surface area contributed by atoms with E-state index >= 15 is 0 Å². The van der Waals surface area contributed by atoms with Crippen molar-refractivity contribution >= 4 is 11.6 Å². The first-order valence-corrected chi connectivity index (χ1v) is 8.37. The van der Waals surface area contributed by atoms with Gasteiger partial charge in [0, 0.05) is 38.1 Å². The molecule has 6 nitrogen and oxygen atoms in total. The van der Waals surface area contributed by atoms with Crippen molar-refractivity contribution in [1.29, 1.82) is 0 Å². The molecule has 0 saturated carbocycles. The molecule has 4 rings (SSSR count). The number of nitrogens with zero attached hydrogens (tertiary/aromatic N) is 5. The summed E-state index contributed by atoms with van der Waals surface area (Å²) in [5.74, 6) is 1.41. The first kappa shape index (κ1) is 15.6. The van der Waals surface area contributed by atoms with Crippen molar-refractivity contribution < 1.29 is 4.39 Å². The molecule has 7 heteroatoms. The van der Waals surface area contributed by atoms with Crippen LogP contribution in [0.25, 0.3) is 5.69 Å². The lowest BCUT2D eigenvalue weighted by molar-refractivity contribution is 0.616. The number of imidazole rings is 1. The molecule has 0 amide bonds. The first-order chi connectivity index (χ1) is 12.3. The zero-order valence-corrected chi connectivity index (χ0v) is 13.8. The Kier molecular flexibility index (Phi) is 4.28. The van der Waals surface area contributed by atoms with Gasteiger partial charge < -0.3 is 14.8 Å². The third-order valence-electron chi connectivity index (χ3n) is 4.35. The smallest absolute Gasteiger partial charge is 0.147 e. The Bertz CT molecular complexity index is 843. The lowest BCUT2D eigenvalue weighted by Crippen LogP contribution is -2.19. The summed E-state index contributed by atoms with van der Waals surface area (Å²) in [6.07, 6.45) is 8.90. The Morgan fingerprint density at radius 3 is 2.76 bits per heavy atom. The van der Waals surface area contributed by atoms with Crippen LogP contribution in [0.15, 0.2) is 49.3 Å². The summed E-state index contributed by atoms with van der Waals surface area (Å²) >= 11 is 0. The maximum atomic E-state index is 14.3. The van der Waals surface area contributed by atoms with Crippen LogP contribution in [0.2, 0.25) is 0 Å². The van der Waals surface area contributed by atoms with Crippen molar-refractivity contribution in [3.05, 3.63) is 60.7 Å². The Balaban J connectivity index is 1.44. The Morgan fingerprint density at radius 1 is 1.12 bits per heavy atom. The van der Waals surface area contributed by atoms with Gasteiger partial charge in [-0.3, -0.25) is 0 Å². The maximum Gasteiger partial charge on any atom is 0.147 e. The zero-order valence-electron chi connectivity index (χ0n) is 13.8. The van der Waals surface area contributed by atoms with Crippen molar-refractivity contribution in [2.75, 3.05) is 23.3 Å². The van der Waals surface area contributed by atoms with Crippen LogP contribution in [0, 0.1) is 5.82 Å². The fraction of sp³-hybridized carbons (Fsp3) is 0.278. The van der Waals surface area contributed by atoms with Gasteiger partial charge in [0.2, 0.25) is 0 Å². The molecule has 0 aliphatic carbocycles. The van der Waals surface area contributed by atoms with Crippen LogP contribution in [0.3, 0.4) is 0 Å². The Labute approximate surface area is 145 Å². The fourth-order valence-electron chi connectivity index (χ4n) is 3.03. The van der Waals surface area contributed by atoms with E-state index in [9.17, 15) is 4.39 Å². The van der Waals surface area contributed by atoms with Gasteiger partial charge in [-0.2, -0.15) is 0 Å². The summed E-state index contributed by atoms with van der Waals surface area (Å²) in [7, 11) is 0. The van der Waals surface area contributed by atoms with E-state index in [-0.39, 0.29) is 5.82 Å². The van der Waals surface area contributed by atoms with Gasteiger partial charge >= 0.3 is 0 Å². The first-order valence-electron chi connectivity index (χ1n) is 8.37. The molecular formula is C18H19FN6. The third-order valence-corrected chi connectivity index (χ3v) is 4.35. The van der Waals surface area contributed by atoms with Crippen molar-refractivity contribution in [3.8, 4) is 5.69 Å². The summed E-state index contributed by atoms with van der Waals surface area (Å²) in [5, 5.41) is 3.24. The summed E-state index contributed by atoms with van der Waals surface area (Å²) in [6, 6.07) is 7.13. The van der Waals surface area contributed by atoms with Crippen molar-refractivity contribution in [3.63, 3.8) is 0 Å². The van der Waals surface area contributed by atoms with E-state index in [1.807, 2.05) is 12.1 Å². The van der Waals surface area contributed by atoms with Crippen LogP contribution in [0.5, 0.6) is 0 Å². The van der Waals surface area contributed by atoms with Crippen LogP contribution in [-0.4, -0.2) is 32.6 Å². The number of hydrogen-bond acceptors (Lipinski definition) is 5. The van der Waals surface area contributed by atoms with Crippen LogP contribution >= 0.6 is 0 Å². The average Bonchev–Trinajstić information content (AvgIpc) is 3.34. The van der Waals surface area contributed by atoms with Gasteiger partial charge in [-0.25, -0.2) is 19.3 Å². The zero-order chi connectivity index (χ0) is 17.1. The molecule has 0 spiro atoms. The second-order valence-corrected chi connectivity index (χ2v) is 6.06. The van der Waals surface area contributed by atoms with Crippen LogP contribution in [0.4, 0.5) is 16.0 Å². The molecule has 1 fully saturated rings. The van der Waals surface area contributed by atoms with Gasteiger partial charge in [0.05, 0.1) is 12.0 Å². The molecular weight excluding hydrogens is 319 g/mol. The monoisotopic (exact) mass is 338 g/mol. The molecule has 1 aliphatic heterocycles. The van der Waals surface area contributed by atoms with E-state index in [1.165, 1.54) is 18.9 Å². The molecule has 128 valence electrons. The number of hydrogen-bond donors (Lipinski definition) is 1. The minimum atomic E-state index is -0.280. The molecule has 0 atom stereocenters. The molecule has 25 heavy (non-hydrogen) atoms. The summed E-state index contributed by atoms with van der Waals surface area (Å²) in [4.78, 5) is 14.8. The Hall–Kier alpha value is -2.96. The van der Waals surface area contributed by atoms with Gasteiger partial charge in [-0.15, -0.1) is 0 Å². The van der Waals surface area contributed by atoms with Crippen molar-refractivity contribution in [1.82, 2.24) is 19.5 Å². The molecule has 0 unspecified atom stereocenters. The standard InChI is InChI=1S/C18H19FN6/c19-15-9-14(3-4-16(15)25-8-5-20-13-25)11-21-17-10-18(23-12-22-17)24-6-1-2-7-24/h3-5,8-10,12-13H,1-2,6-7,11H2,(H,21,22,23). The third kappa shape index (κ3) is 3.45. The molecule has 3 heterocycles. The number of halogens is 1. The lowest BCUT2D eigenvalue weighted by Gasteiger charge is -2.16. The largest absolute Gasteiger partial charge is 0.366 e. The van der Waals surface area contributed by atoms with E-state index in [4.69, 9.17) is 0 Å². The average molecular weight is 338 g/mol. The number of anilines is 2. The quantitative estimate of drug-likeness (QED) is 0.775. The number of rotatable bonds is 5. The summed E-state index contributed by atoms with van der Waals surface area (Å²) in [5.41, 5.74) is 1.34. The van der Waals surface area contributed by atoms with E-state index in [1.54, 1.807) is 35.7 Å².